The molecule has 0 unspecified atom stereocenters. The van der Waals surface area contributed by atoms with Crippen molar-refractivity contribution in [1.82, 2.24) is 5.01 Å². The molecule has 1 atom stereocenters. The molecule has 3 nitrogen and oxygen atoms in total. The molecule has 1 aliphatic heterocycles. The summed E-state index contributed by atoms with van der Waals surface area (Å²) < 4.78 is 5.12. The fourth-order valence-corrected chi connectivity index (χ4v) is 1.52. The average Bonchev–Trinajstić information content (AvgIpc) is 2.50. The molecule has 0 spiro atoms. The third-order valence-corrected chi connectivity index (χ3v) is 2.12. The second-order valence-corrected chi connectivity index (χ2v) is 3.12. The molecule has 0 amide bonds. The van der Waals surface area contributed by atoms with Crippen LogP contribution in [0.5, 0.6) is 0 Å². The maximum absolute atomic E-state index is 5.12. The lowest BCUT2D eigenvalue weighted by Crippen LogP contribution is -2.28. The summed E-state index contributed by atoms with van der Waals surface area (Å²) in [6.07, 6.45) is 5.44. The van der Waals surface area contributed by atoms with Crippen LogP contribution in [0.1, 0.15) is 26.2 Å². The van der Waals surface area contributed by atoms with Crippen LogP contribution in [-0.2, 0) is 4.74 Å². The second kappa shape index (κ2) is 5.14. The van der Waals surface area contributed by atoms with E-state index in [1.807, 2.05) is 6.21 Å². The van der Waals surface area contributed by atoms with Gasteiger partial charge in [0.2, 0.25) is 0 Å². The van der Waals surface area contributed by atoms with Crippen LogP contribution in [0, 0.1) is 0 Å². The Hall–Kier alpha value is -0.570. The van der Waals surface area contributed by atoms with Crippen LogP contribution in [0.3, 0.4) is 0 Å². The van der Waals surface area contributed by atoms with E-state index < -0.39 is 0 Å². The molecular weight excluding hydrogens is 152 g/mol. The highest BCUT2D eigenvalue weighted by atomic mass is 16.5. The zero-order valence-electron chi connectivity index (χ0n) is 7.99. The Morgan fingerprint density at radius 3 is 3.17 bits per heavy atom. The van der Waals surface area contributed by atoms with Crippen LogP contribution >= 0.6 is 0 Å². The Bertz CT molecular complexity index is 147. The zero-order valence-corrected chi connectivity index (χ0v) is 7.99. The van der Waals surface area contributed by atoms with Crippen LogP contribution < -0.4 is 0 Å². The van der Waals surface area contributed by atoms with Gasteiger partial charge >= 0.3 is 0 Å². The van der Waals surface area contributed by atoms with Crippen molar-refractivity contribution in [2.24, 2.45) is 5.10 Å². The van der Waals surface area contributed by atoms with E-state index in [0.29, 0.717) is 6.04 Å². The van der Waals surface area contributed by atoms with E-state index in [4.69, 9.17) is 4.74 Å². The maximum atomic E-state index is 5.12. The molecule has 0 saturated carbocycles. The smallest absolute Gasteiger partial charge is 0.0704 e. The number of ether oxygens (including phenoxy) is 1. The Labute approximate surface area is 74.4 Å². The molecule has 1 aliphatic rings. The van der Waals surface area contributed by atoms with Crippen molar-refractivity contribution in [1.29, 1.82) is 0 Å². The summed E-state index contributed by atoms with van der Waals surface area (Å²) in [5.74, 6) is 0. The lowest BCUT2D eigenvalue weighted by molar-refractivity contribution is 0.118. The molecule has 0 aliphatic carbocycles. The van der Waals surface area contributed by atoms with E-state index >= 15 is 0 Å². The highest BCUT2D eigenvalue weighted by molar-refractivity contribution is 5.56. The van der Waals surface area contributed by atoms with Crippen molar-refractivity contribution in [3.8, 4) is 0 Å². The van der Waals surface area contributed by atoms with Crippen molar-refractivity contribution in [3.63, 3.8) is 0 Å². The topological polar surface area (TPSA) is 24.8 Å². The molecule has 1 saturated heterocycles. The first-order valence-electron chi connectivity index (χ1n) is 4.66. The number of nitrogens with zero attached hydrogens (tertiary/aromatic N) is 2. The molecular formula is C9H18N2O. The van der Waals surface area contributed by atoms with Gasteiger partial charge in [-0.15, -0.1) is 0 Å². The molecule has 0 aromatic heterocycles. The van der Waals surface area contributed by atoms with Crippen LogP contribution in [0.15, 0.2) is 5.10 Å². The molecule has 1 rings (SSSR count). The van der Waals surface area contributed by atoms with E-state index in [1.54, 1.807) is 7.11 Å². The summed E-state index contributed by atoms with van der Waals surface area (Å²) in [6.45, 7) is 4.00. The first-order valence-corrected chi connectivity index (χ1v) is 4.66. The Morgan fingerprint density at radius 1 is 1.67 bits per heavy atom. The number of hydrazone groups is 1. The molecule has 1 heterocycles. The summed E-state index contributed by atoms with van der Waals surface area (Å²) in [7, 11) is 1.75. The highest BCUT2D eigenvalue weighted by Crippen LogP contribution is 2.16. The van der Waals surface area contributed by atoms with Gasteiger partial charge in [-0.2, -0.15) is 5.10 Å². The predicted molar refractivity (Wildman–Crippen MR) is 50.4 cm³/mol. The normalized spacial score (nSPS) is 24.2. The van der Waals surface area contributed by atoms with Crippen molar-refractivity contribution >= 4 is 6.21 Å². The SMILES string of the molecule is CCC=NN1CCC[C@H]1COC. The summed E-state index contributed by atoms with van der Waals surface area (Å²) in [6, 6.07) is 0.512. The van der Waals surface area contributed by atoms with E-state index in [1.165, 1.54) is 12.8 Å². The highest BCUT2D eigenvalue weighted by Gasteiger charge is 2.22. The van der Waals surface area contributed by atoms with Gasteiger partial charge in [-0.05, 0) is 19.3 Å². The quantitative estimate of drug-likeness (QED) is 0.597. The molecule has 0 N–H and O–H groups in total. The summed E-state index contributed by atoms with van der Waals surface area (Å²) in [4.78, 5) is 0. The van der Waals surface area contributed by atoms with Gasteiger partial charge in [0.05, 0.1) is 12.6 Å². The molecule has 0 bridgehead atoms. The van der Waals surface area contributed by atoms with E-state index in [2.05, 4.69) is 17.0 Å². The predicted octanol–water partition coefficient (Wildman–Crippen LogP) is 1.49. The largest absolute Gasteiger partial charge is 0.382 e. The molecule has 0 aromatic rings. The van der Waals surface area contributed by atoms with E-state index in [0.717, 1.165) is 19.6 Å². The van der Waals surface area contributed by atoms with Gasteiger partial charge in [0.15, 0.2) is 0 Å². The van der Waals surface area contributed by atoms with Crippen LogP contribution in [0.4, 0.5) is 0 Å². The minimum Gasteiger partial charge on any atom is -0.382 e. The van der Waals surface area contributed by atoms with Gasteiger partial charge in [0.1, 0.15) is 0 Å². The molecule has 12 heavy (non-hydrogen) atoms. The number of hydrogen-bond acceptors (Lipinski definition) is 3. The van der Waals surface area contributed by atoms with Gasteiger partial charge < -0.3 is 4.74 Å². The number of methoxy groups -OCH3 is 1. The molecule has 0 radical (unpaired) electrons. The third kappa shape index (κ3) is 2.48. The minimum absolute atomic E-state index is 0.512. The Balaban J connectivity index is 2.35. The van der Waals surface area contributed by atoms with Crippen molar-refractivity contribution in [3.05, 3.63) is 0 Å². The lowest BCUT2D eigenvalue weighted by Gasteiger charge is -2.20. The van der Waals surface area contributed by atoms with Gasteiger partial charge in [0, 0.05) is 19.9 Å². The van der Waals surface area contributed by atoms with Gasteiger partial charge in [0.25, 0.3) is 0 Å². The Kier molecular flexibility index (Phi) is 4.08. The maximum Gasteiger partial charge on any atom is 0.0704 e. The van der Waals surface area contributed by atoms with Crippen LogP contribution in [0.2, 0.25) is 0 Å². The van der Waals surface area contributed by atoms with Gasteiger partial charge in [-0.1, -0.05) is 6.92 Å². The van der Waals surface area contributed by atoms with Crippen LogP contribution in [-0.4, -0.2) is 37.5 Å². The van der Waals surface area contributed by atoms with Crippen molar-refractivity contribution in [2.45, 2.75) is 32.2 Å². The number of hydrogen-bond donors (Lipinski definition) is 0. The fourth-order valence-electron chi connectivity index (χ4n) is 1.52. The molecule has 0 aromatic carbocycles. The lowest BCUT2D eigenvalue weighted by atomic mass is 10.2. The van der Waals surface area contributed by atoms with Crippen LogP contribution in [0.25, 0.3) is 0 Å². The van der Waals surface area contributed by atoms with E-state index in [9.17, 15) is 0 Å². The summed E-state index contributed by atoms with van der Waals surface area (Å²) in [5.41, 5.74) is 0. The average molecular weight is 170 g/mol. The fraction of sp³-hybridized carbons (Fsp3) is 0.889. The van der Waals surface area contributed by atoms with Gasteiger partial charge in [-0.3, -0.25) is 5.01 Å². The zero-order chi connectivity index (χ0) is 8.81. The number of rotatable bonds is 4. The monoisotopic (exact) mass is 170 g/mol. The third-order valence-electron chi connectivity index (χ3n) is 2.12. The summed E-state index contributed by atoms with van der Waals surface area (Å²) in [5, 5.41) is 6.52. The van der Waals surface area contributed by atoms with Gasteiger partial charge in [-0.25, -0.2) is 0 Å². The molecule has 3 heteroatoms. The first kappa shape index (κ1) is 9.52. The second-order valence-electron chi connectivity index (χ2n) is 3.12. The van der Waals surface area contributed by atoms with Crippen molar-refractivity contribution in [2.75, 3.05) is 20.3 Å². The molecule has 70 valence electrons. The first-order chi connectivity index (χ1) is 5.88. The van der Waals surface area contributed by atoms with E-state index in [-0.39, 0.29) is 0 Å². The minimum atomic E-state index is 0.512. The molecule has 1 fully saturated rings. The standard InChI is InChI=1S/C9H18N2O/c1-3-6-10-11-7-4-5-9(11)8-12-2/h6,9H,3-5,7-8H2,1-2H3/t9-/m0/s1. The van der Waals surface area contributed by atoms with Crippen molar-refractivity contribution < 1.29 is 4.74 Å². The Morgan fingerprint density at radius 2 is 2.50 bits per heavy atom. The summed E-state index contributed by atoms with van der Waals surface area (Å²) >= 11 is 0.